The minimum Gasteiger partial charge on any atom is -0.355 e. The number of fused-ring (bicyclic) bond motifs is 3. The minimum absolute atomic E-state index is 0.0998. The van der Waals surface area contributed by atoms with Crippen molar-refractivity contribution in [3.05, 3.63) is 131 Å². The van der Waals surface area contributed by atoms with Gasteiger partial charge in [-0.3, -0.25) is 0 Å². The lowest BCUT2D eigenvalue weighted by Gasteiger charge is -2.27. The van der Waals surface area contributed by atoms with Crippen molar-refractivity contribution >= 4 is 11.4 Å². The van der Waals surface area contributed by atoms with Crippen LogP contribution in [0.15, 0.2) is 109 Å². The van der Waals surface area contributed by atoms with Gasteiger partial charge in [-0.05, 0) is 106 Å². The van der Waals surface area contributed by atoms with E-state index in [-0.39, 0.29) is 5.41 Å². The lowest BCUT2D eigenvalue weighted by Crippen LogP contribution is -2.17. The van der Waals surface area contributed by atoms with E-state index in [1.54, 1.807) is 0 Å². The maximum absolute atomic E-state index is 3.88. The average molecular weight is 602 g/mol. The van der Waals surface area contributed by atoms with Crippen LogP contribution in [0.1, 0.15) is 112 Å². The molecule has 0 unspecified atom stereocenters. The Morgan fingerprint density at radius 2 is 1.02 bits per heavy atom. The number of hydrogen-bond donors (Lipinski definition) is 1. The van der Waals surface area contributed by atoms with E-state index in [4.69, 9.17) is 0 Å². The highest BCUT2D eigenvalue weighted by atomic mass is 14.9. The summed E-state index contributed by atoms with van der Waals surface area (Å²) in [5.74, 6) is 1.46. The molecule has 2 fully saturated rings. The summed E-state index contributed by atoms with van der Waals surface area (Å²) < 4.78 is 0. The summed E-state index contributed by atoms with van der Waals surface area (Å²) in [6.45, 7) is 4.79. The third-order valence-electron chi connectivity index (χ3n) is 11.5. The topological polar surface area (TPSA) is 12.0 Å². The number of rotatable bonds is 6. The Morgan fingerprint density at radius 1 is 0.500 bits per heavy atom. The molecule has 0 saturated heterocycles. The van der Waals surface area contributed by atoms with Crippen LogP contribution in [0, 0.1) is 0 Å². The molecule has 1 N–H and O–H groups in total. The summed E-state index contributed by atoms with van der Waals surface area (Å²) in [6.07, 6.45) is 13.6. The molecule has 0 aliphatic heterocycles. The van der Waals surface area contributed by atoms with Gasteiger partial charge in [-0.2, -0.15) is 0 Å². The molecule has 3 aliphatic rings. The molecule has 0 radical (unpaired) electrons. The second kappa shape index (κ2) is 12.3. The molecule has 0 aromatic heterocycles. The molecule has 0 amide bonds. The van der Waals surface area contributed by atoms with E-state index in [1.807, 2.05) is 0 Å². The zero-order valence-corrected chi connectivity index (χ0v) is 27.6. The molecule has 46 heavy (non-hydrogen) atoms. The lowest BCUT2D eigenvalue weighted by molar-refractivity contribution is 0.443. The number of anilines is 2. The monoisotopic (exact) mass is 601 g/mol. The first kappa shape index (κ1) is 29.3. The van der Waals surface area contributed by atoms with Gasteiger partial charge in [-0.25, -0.2) is 0 Å². The van der Waals surface area contributed by atoms with Gasteiger partial charge in [0.1, 0.15) is 0 Å². The molecule has 3 aliphatic carbocycles. The van der Waals surface area contributed by atoms with E-state index in [9.17, 15) is 0 Å². The highest BCUT2D eigenvalue weighted by molar-refractivity contribution is 5.95. The number of nitrogens with one attached hydrogen (secondary N) is 1. The summed E-state index contributed by atoms with van der Waals surface area (Å²) in [7, 11) is 0. The molecular weight excluding hydrogens is 555 g/mol. The highest BCUT2D eigenvalue weighted by Crippen LogP contribution is 2.54. The van der Waals surface area contributed by atoms with Gasteiger partial charge in [0.25, 0.3) is 0 Å². The number of hydrogen-bond acceptors (Lipinski definition) is 1. The van der Waals surface area contributed by atoms with Crippen molar-refractivity contribution in [3.8, 4) is 33.4 Å². The lowest BCUT2D eigenvalue weighted by atomic mass is 9.78. The molecule has 0 atom stereocenters. The summed E-state index contributed by atoms with van der Waals surface area (Å²) in [5, 5.41) is 3.88. The molecule has 0 bridgehead atoms. The average Bonchev–Trinajstić information content (AvgIpc) is 3.35. The van der Waals surface area contributed by atoms with Gasteiger partial charge in [0.15, 0.2) is 0 Å². The van der Waals surface area contributed by atoms with Crippen molar-refractivity contribution in [2.24, 2.45) is 0 Å². The Kier molecular flexibility index (Phi) is 7.81. The zero-order chi connectivity index (χ0) is 31.1. The summed E-state index contributed by atoms with van der Waals surface area (Å²) in [4.78, 5) is 0. The van der Waals surface area contributed by atoms with E-state index in [1.165, 1.54) is 126 Å². The Labute approximate surface area is 276 Å². The van der Waals surface area contributed by atoms with Crippen molar-refractivity contribution in [1.29, 1.82) is 0 Å². The third-order valence-corrected chi connectivity index (χ3v) is 11.5. The van der Waals surface area contributed by atoms with Crippen LogP contribution >= 0.6 is 0 Å². The molecule has 1 heteroatoms. The van der Waals surface area contributed by atoms with Crippen molar-refractivity contribution in [1.82, 2.24) is 0 Å². The normalized spacial score (nSPS) is 17.8. The smallest absolute Gasteiger partial charge is 0.0467 e. The zero-order valence-electron chi connectivity index (χ0n) is 27.6. The van der Waals surface area contributed by atoms with Crippen LogP contribution in [0.2, 0.25) is 0 Å². The van der Waals surface area contributed by atoms with Crippen LogP contribution < -0.4 is 5.32 Å². The van der Waals surface area contributed by atoms with Crippen molar-refractivity contribution < 1.29 is 0 Å². The Balaban J connectivity index is 1.15. The largest absolute Gasteiger partial charge is 0.355 e. The SMILES string of the molecule is CC1(C)c2ccccc2-c2ccc(Nc3ccc(C4CCCCC4)cc3)c(-c3ccc(-c4ccc(C5CCCCC5)cc4)cc3)c21. The fraction of sp³-hybridized carbons (Fsp3) is 0.333. The van der Waals surface area contributed by atoms with Gasteiger partial charge in [0.2, 0.25) is 0 Å². The number of benzene rings is 5. The predicted octanol–water partition coefficient (Wildman–Crippen LogP) is 13.2. The molecular formula is C45H47N. The second-order valence-corrected chi connectivity index (χ2v) is 14.7. The first-order chi connectivity index (χ1) is 22.6. The van der Waals surface area contributed by atoms with Crippen LogP contribution in [0.25, 0.3) is 33.4 Å². The summed E-state index contributed by atoms with van der Waals surface area (Å²) in [6, 6.07) is 41.7. The molecule has 0 heterocycles. The highest BCUT2D eigenvalue weighted by Gasteiger charge is 2.38. The molecule has 5 aromatic carbocycles. The van der Waals surface area contributed by atoms with Crippen LogP contribution in [-0.2, 0) is 5.41 Å². The van der Waals surface area contributed by atoms with E-state index in [2.05, 4.69) is 128 Å². The van der Waals surface area contributed by atoms with Gasteiger partial charge in [-0.1, -0.05) is 143 Å². The van der Waals surface area contributed by atoms with Gasteiger partial charge in [0, 0.05) is 22.4 Å². The quantitative estimate of drug-likeness (QED) is 0.204. The van der Waals surface area contributed by atoms with E-state index in [0.717, 1.165) is 17.5 Å². The van der Waals surface area contributed by atoms with Gasteiger partial charge in [0.05, 0.1) is 0 Å². The van der Waals surface area contributed by atoms with Gasteiger partial charge in [-0.15, -0.1) is 0 Å². The van der Waals surface area contributed by atoms with Gasteiger partial charge < -0.3 is 5.32 Å². The van der Waals surface area contributed by atoms with Crippen LogP contribution in [0.5, 0.6) is 0 Å². The fourth-order valence-electron chi connectivity index (χ4n) is 8.92. The molecule has 0 spiro atoms. The Bertz CT molecular complexity index is 1810. The molecule has 2 saturated carbocycles. The first-order valence-electron chi connectivity index (χ1n) is 17.9. The van der Waals surface area contributed by atoms with E-state index < -0.39 is 0 Å². The second-order valence-electron chi connectivity index (χ2n) is 14.7. The fourth-order valence-corrected chi connectivity index (χ4v) is 8.92. The summed E-state index contributed by atoms with van der Waals surface area (Å²) >= 11 is 0. The van der Waals surface area contributed by atoms with Crippen molar-refractivity contribution in [2.45, 2.75) is 95.3 Å². The van der Waals surface area contributed by atoms with Crippen molar-refractivity contribution in [2.75, 3.05) is 5.32 Å². The predicted molar refractivity (Wildman–Crippen MR) is 196 cm³/mol. The van der Waals surface area contributed by atoms with Gasteiger partial charge >= 0.3 is 0 Å². The Hall–Kier alpha value is -4.10. The maximum Gasteiger partial charge on any atom is 0.0467 e. The molecule has 232 valence electrons. The van der Waals surface area contributed by atoms with Crippen LogP contribution in [0.3, 0.4) is 0 Å². The standard InChI is InChI=1S/C45H47N/c1-45(2)41-16-10-9-15-39(41)40-29-30-42(46-38-27-25-36(26-28-38)32-13-7-4-8-14-32)43(44(40)45)37-23-21-35(22-24-37)34-19-17-33(18-20-34)31-11-5-3-6-12-31/h9-10,15-32,46H,3-8,11-14H2,1-2H3. The van der Waals surface area contributed by atoms with E-state index >= 15 is 0 Å². The summed E-state index contributed by atoms with van der Waals surface area (Å²) in [5.41, 5.74) is 16.0. The minimum atomic E-state index is -0.0998. The Morgan fingerprint density at radius 3 is 1.63 bits per heavy atom. The van der Waals surface area contributed by atoms with E-state index in [0.29, 0.717) is 0 Å². The van der Waals surface area contributed by atoms with Crippen LogP contribution in [0.4, 0.5) is 11.4 Å². The first-order valence-corrected chi connectivity index (χ1v) is 17.9. The molecule has 1 nitrogen and oxygen atoms in total. The maximum atomic E-state index is 3.88. The van der Waals surface area contributed by atoms with Crippen LogP contribution in [-0.4, -0.2) is 0 Å². The van der Waals surface area contributed by atoms with Crippen molar-refractivity contribution in [3.63, 3.8) is 0 Å². The molecule has 8 rings (SSSR count). The third kappa shape index (κ3) is 5.38. The molecule has 5 aromatic rings.